The van der Waals surface area contributed by atoms with Crippen molar-refractivity contribution in [3.63, 3.8) is 0 Å². The van der Waals surface area contributed by atoms with Crippen LogP contribution in [0, 0.1) is 12.7 Å². The van der Waals surface area contributed by atoms with Gasteiger partial charge in [0, 0.05) is 11.8 Å². The summed E-state index contributed by atoms with van der Waals surface area (Å²) in [5.41, 5.74) is 1.96. The van der Waals surface area contributed by atoms with Crippen LogP contribution in [0.2, 0.25) is 0 Å². The first kappa shape index (κ1) is 22.9. The maximum absolute atomic E-state index is 13.2. The fourth-order valence-corrected chi connectivity index (χ4v) is 3.67. The van der Waals surface area contributed by atoms with Gasteiger partial charge in [-0.1, -0.05) is 6.07 Å². The van der Waals surface area contributed by atoms with Crippen LogP contribution in [0.15, 0.2) is 72.1 Å². The summed E-state index contributed by atoms with van der Waals surface area (Å²) in [5, 5.41) is 11.5. The quantitative estimate of drug-likeness (QED) is 0.383. The summed E-state index contributed by atoms with van der Waals surface area (Å²) in [6.07, 6.45) is 0. The Morgan fingerprint density at radius 1 is 1.03 bits per heavy atom. The van der Waals surface area contributed by atoms with Crippen molar-refractivity contribution in [2.24, 2.45) is 0 Å². The van der Waals surface area contributed by atoms with Crippen LogP contribution in [0.25, 0.3) is 5.69 Å². The molecule has 4 aromatic rings. The van der Waals surface area contributed by atoms with Gasteiger partial charge in [-0.05, 0) is 66.9 Å². The summed E-state index contributed by atoms with van der Waals surface area (Å²) < 4.78 is 19.8. The molecule has 0 spiro atoms. The van der Waals surface area contributed by atoms with Crippen LogP contribution in [0.4, 0.5) is 15.9 Å². The van der Waals surface area contributed by atoms with E-state index in [-0.39, 0.29) is 17.3 Å². The predicted molar refractivity (Wildman–Crippen MR) is 126 cm³/mol. The molecule has 0 radical (unpaired) electrons. The normalized spacial score (nSPS) is 10.5. The highest BCUT2D eigenvalue weighted by Gasteiger charge is 2.15. The molecule has 0 saturated carbocycles. The van der Waals surface area contributed by atoms with Crippen LogP contribution in [-0.2, 0) is 9.53 Å². The molecule has 34 heavy (non-hydrogen) atoms. The molecule has 8 nitrogen and oxygen atoms in total. The number of rotatable bonds is 7. The van der Waals surface area contributed by atoms with Crippen LogP contribution in [0.5, 0.6) is 0 Å². The molecule has 10 heteroatoms. The maximum atomic E-state index is 13.2. The van der Waals surface area contributed by atoms with Gasteiger partial charge < -0.3 is 15.4 Å². The topological polar surface area (TPSA) is 102 Å². The SMILES string of the molecule is Cc1cc(NC(=O)COC(=O)c2ccc(NC(=O)c3cccs3)cc2)n(-c2ccc(F)cc2)n1. The highest BCUT2D eigenvalue weighted by atomic mass is 32.1. The predicted octanol–water partition coefficient (Wildman–Crippen LogP) is 4.43. The molecule has 0 fully saturated rings. The fraction of sp³-hybridized carbons (Fsp3) is 0.0833. The maximum Gasteiger partial charge on any atom is 0.338 e. The Bertz CT molecular complexity index is 1320. The minimum atomic E-state index is -0.686. The number of aromatic nitrogens is 2. The van der Waals surface area contributed by atoms with Crippen LogP contribution in [-0.4, -0.2) is 34.2 Å². The molecule has 4 rings (SSSR count). The van der Waals surface area contributed by atoms with E-state index in [4.69, 9.17) is 4.74 Å². The molecule has 0 saturated heterocycles. The van der Waals surface area contributed by atoms with E-state index in [9.17, 15) is 18.8 Å². The van der Waals surface area contributed by atoms with Crippen molar-refractivity contribution in [1.29, 1.82) is 0 Å². The number of benzene rings is 2. The summed E-state index contributed by atoms with van der Waals surface area (Å²) in [5.74, 6) is -1.51. The molecule has 2 aromatic heterocycles. The van der Waals surface area contributed by atoms with Gasteiger partial charge in [-0.3, -0.25) is 9.59 Å². The number of halogens is 1. The summed E-state index contributed by atoms with van der Waals surface area (Å²) >= 11 is 1.32. The number of carbonyl (C=O) groups excluding carboxylic acids is 3. The van der Waals surface area contributed by atoms with Crippen molar-refractivity contribution >= 4 is 40.6 Å². The zero-order chi connectivity index (χ0) is 24.1. The van der Waals surface area contributed by atoms with Crippen molar-refractivity contribution in [3.05, 3.63) is 94.1 Å². The van der Waals surface area contributed by atoms with Crippen LogP contribution < -0.4 is 10.6 Å². The second kappa shape index (κ2) is 10.1. The molecule has 2 N–H and O–H groups in total. The van der Waals surface area contributed by atoms with Gasteiger partial charge in [0.1, 0.15) is 11.6 Å². The molecule has 2 heterocycles. The lowest BCUT2D eigenvalue weighted by molar-refractivity contribution is -0.119. The lowest BCUT2D eigenvalue weighted by Crippen LogP contribution is -2.22. The number of anilines is 2. The van der Waals surface area contributed by atoms with Crippen LogP contribution in [0.1, 0.15) is 25.7 Å². The van der Waals surface area contributed by atoms with E-state index in [0.717, 1.165) is 0 Å². The van der Waals surface area contributed by atoms with Gasteiger partial charge in [-0.25, -0.2) is 13.9 Å². The number of thiophene rings is 1. The molecular weight excluding hydrogens is 459 g/mol. The van der Waals surface area contributed by atoms with Gasteiger partial charge in [-0.2, -0.15) is 5.10 Å². The third-order valence-corrected chi connectivity index (χ3v) is 5.50. The molecule has 0 aliphatic heterocycles. The van der Waals surface area contributed by atoms with Gasteiger partial charge in [0.25, 0.3) is 11.8 Å². The van der Waals surface area contributed by atoms with E-state index >= 15 is 0 Å². The van der Waals surface area contributed by atoms with Gasteiger partial charge in [0.2, 0.25) is 0 Å². The summed E-state index contributed by atoms with van der Waals surface area (Å²) in [7, 11) is 0. The number of nitrogens with zero attached hydrogens (tertiary/aromatic N) is 2. The molecule has 0 atom stereocenters. The second-order valence-corrected chi connectivity index (χ2v) is 8.14. The summed E-state index contributed by atoms with van der Waals surface area (Å²) in [6, 6.07) is 16.9. The molecule has 2 amide bonds. The Morgan fingerprint density at radius 2 is 1.76 bits per heavy atom. The Kier molecular flexibility index (Phi) is 6.79. The number of hydrogen-bond acceptors (Lipinski definition) is 6. The average molecular weight is 479 g/mol. The lowest BCUT2D eigenvalue weighted by atomic mass is 10.2. The first-order valence-corrected chi connectivity index (χ1v) is 11.0. The zero-order valence-electron chi connectivity index (χ0n) is 17.9. The Hall–Kier alpha value is -4.31. The number of esters is 1. The van der Waals surface area contributed by atoms with E-state index in [2.05, 4.69) is 15.7 Å². The first-order valence-electron chi connectivity index (χ1n) is 10.1. The van der Waals surface area contributed by atoms with E-state index in [1.165, 1.54) is 52.4 Å². The van der Waals surface area contributed by atoms with Crippen LogP contribution in [0.3, 0.4) is 0 Å². The Balaban J connectivity index is 1.32. The van der Waals surface area contributed by atoms with E-state index in [0.29, 0.717) is 27.8 Å². The van der Waals surface area contributed by atoms with Crippen molar-refractivity contribution in [2.75, 3.05) is 17.2 Å². The van der Waals surface area contributed by atoms with Crippen molar-refractivity contribution in [3.8, 4) is 5.69 Å². The molecular formula is C24H19FN4O4S. The molecule has 2 aromatic carbocycles. The zero-order valence-corrected chi connectivity index (χ0v) is 18.8. The third-order valence-electron chi connectivity index (χ3n) is 4.63. The van der Waals surface area contributed by atoms with Gasteiger partial charge in [0.15, 0.2) is 6.61 Å². The minimum absolute atomic E-state index is 0.231. The smallest absolute Gasteiger partial charge is 0.338 e. The Morgan fingerprint density at radius 3 is 2.44 bits per heavy atom. The summed E-state index contributed by atoms with van der Waals surface area (Å²) in [6.45, 7) is 1.24. The number of carbonyl (C=O) groups is 3. The highest BCUT2D eigenvalue weighted by molar-refractivity contribution is 7.12. The van der Waals surface area contributed by atoms with Gasteiger partial charge in [0.05, 0.1) is 21.8 Å². The van der Waals surface area contributed by atoms with E-state index in [1.54, 1.807) is 37.3 Å². The van der Waals surface area contributed by atoms with Crippen molar-refractivity contribution < 1.29 is 23.5 Å². The summed E-state index contributed by atoms with van der Waals surface area (Å²) in [4.78, 5) is 37.3. The molecule has 0 bridgehead atoms. The minimum Gasteiger partial charge on any atom is -0.452 e. The van der Waals surface area contributed by atoms with E-state index in [1.807, 2.05) is 5.38 Å². The molecule has 0 aliphatic carbocycles. The van der Waals surface area contributed by atoms with Crippen LogP contribution >= 0.6 is 11.3 Å². The fourth-order valence-electron chi connectivity index (χ4n) is 3.05. The number of amides is 2. The van der Waals surface area contributed by atoms with Gasteiger partial charge >= 0.3 is 5.97 Å². The monoisotopic (exact) mass is 478 g/mol. The highest BCUT2D eigenvalue weighted by Crippen LogP contribution is 2.18. The van der Waals surface area contributed by atoms with E-state index < -0.39 is 18.5 Å². The molecule has 0 unspecified atom stereocenters. The van der Waals surface area contributed by atoms with Crippen molar-refractivity contribution in [2.45, 2.75) is 6.92 Å². The average Bonchev–Trinajstić information content (AvgIpc) is 3.49. The van der Waals surface area contributed by atoms with Crippen molar-refractivity contribution in [1.82, 2.24) is 9.78 Å². The number of hydrogen-bond donors (Lipinski definition) is 2. The first-order chi connectivity index (χ1) is 16.4. The van der Waals surface area contributed by atoms with Gasteiger partial charge in [-0.15, -0.1) is 11.3 Å². The number of nitrogens with one attached hydrogen (secondary N) is 2. The number of ether oxygens (including phenoxy) is 1. The second-order valence-electron chi connectivity index (χ2n) is 7.19. The molecule has 0 aliphatic rings. The number of aryl methyl sites for hydroxylation is 1. The lowest BCUT2D eigenvalue weighted by Gasteiger charge is -2.10. The standard InChI is InChI=1S/C24H19FN4O4S/c1-15-13-21(29(28-15)19-10-6-17(25)7-11-19)27-22(30)14-33-24(32)16-4-8-18(9-5-16)26-23(31)20-3-2-12-34-20/h2-13H,14H2,1H3,(H,26,31)(H,27,30). The largest absolute Gasteiger partial charge is 0.452 e. The third kappa shape index (κ3) is 5.54. The molecule has 172 valence electrons. The Labute approximate surface area is 198 Å².